The number of piperazine rings is 1. The van der Waals surface area contributed by atoms with Gasteiger partial charge in [0.05, 0.1) is 4.47 Å². The molecule has 0 aromatic heterocycles. The predicted octanol–water partition coefficient (Wildman–Crippen LogP) is 3.16. The Labute approximate surface area is 116 Å². The molecule has 4 heteroatoms. The van der Waals surface area contributed by atoms with Crippen molar-refractivity contribution in [3.8, 4) is 0 Å². The highest BCUT2D eigenvalue weighted by Crippen LogP contribution is 2.35. The zero-order valence-corrected chi connectivity index (χ0v) is 12.1. The minimum absolute atomic E-state index is 0.179. The normalized spacial score (nSPS) is 28.5. The second-order valence-corrected chi connectivity index (χ2v) is 6.31. The fourth-order valence-electron chi connectivity index (χ4n) is 2.73. The van der Waals surface area contributed by atoms with E-state index in [2.05, 4.69) is 33.1 Å². The van der Waals surface area contributed by atoms with Crippen LogP contribution in [0.1, 0.15) is 19.8 Å². The van der Waals surface area contributed by atoms with E-state index in [1.807, 2.05) is 6.07 Å². The molecule has 1 aromatic carbocycles. The highest BCUT2D eigenvalue weighted by atomic mass is 79.9. The summed E-state index contributed by atoms with van der Waals surface area (Å²) in [7, 11) is 0. The van der Waals surface area contributed by atoms with Crippen molar-refractivity contribution in [2.45, 2.75) is 31.8 Å². The van der Waals surface area contributed by atoms with E-state index in [4.69, 9.17) is 0 Å². The number of halogens is 2. The average molecular weight is 313 g/mol. The number of hydrogen-bond acceptors (Lipinski definition) is 2. The number of rotatable bonds is 2. The Morgan fingerprint density at radius 1 is 1.39 bits per heavy atom. The maximum absolute atomic E-state index is 13.6. The second kappa shape index (κ2) is 4.82. The Bertz CT molecular complexity index is 447. The van der Waals surface area contributed by atoms with Crippen molar-refractivity contribution in [1.82, 2.24) is 5.32 Å². The Hall–Kier alpha value is -0.610. The molecule has 0 bridgehead atoms. The van der Waals surface area contributed by atoms with Gasteiger partial charge in [0.25, 0.3) is 0 Å². The topological polar surface area (TPSA) is 15.3 Å². The number of nitrogens with zero attached hydrogens (tertiary/aromatic N) is 1. The minimum atomic E-state index is -0.179. The van der Waals surface area contributed by atoms with Gasteiger partial charge in [-0.15, -0.1) is 0 Å². The molecule has 0 radical (unpaired) electrons. The van der Waals surface area contributed by atoms with Crippen molar-refractivity contribution in [2.24, 2.45) is 5.92 Å². The maximum Gasteiger partial charge on any atom is 0.139 e. The highest BCUT2D eigenvalue weighted by Gasteiger charge is 2.36. The molecule has 2 nitrogen and oxygen atoms in total. The van der Waals surface area contributed by atoms with E-state index in [0.717, 1.165) is 24.7 Å². The van der Waals surface area contributed by atoms with Gasteiger partial charge >= 0.3 is 0 Å². The van der Waals surface area contributed by atoms with Crippen molar-refractivity contribution in [1.29, 1.82) is 0 Å². The Balaban J connectivity index is 1.81. The summed E-state index contributed by atoms with van der Waals surface area (Å²) in [5.41, 5.74) is 0.996. The quantitative estimate of drug-likeness (QED) is 0.902. The third kappa shape index (κ3) is 2.41. The molecule has 1 saturated heterocycles. The molecule has 0 spiro atoms. The van der Waals surface area contributed by atoms with Crippen LogP contribution in [0.15, 0.2) is 22.7 Å². The molecule has 98 valence electrons. The lowest BCUT2D eigenvalue weighted by molar-refractivity contribution is 0.375. The van der Waals surface area contributed by atoms with Gasteiger partial charge in [0.1, 0.15) is 5.82 Å². The van der Waals surface area contributed by atoms with Crippen LogP contribution in [0.4, 0.5) is 10.1 Å². The summed E-state index contributed by atoms with van der Waals surface area (Å²) >= 11 is 3.21. The molecule has 1 heterocycles. The highest BCUT2D eigenvalue weighted by molar-refractivity contribution is 9.10. The lowest BCUT2D eigenvalue weighted by Gasteiger charge is -2.40. The van der Waals surface area contributed by atoms with E-state index in [1.54, 1.807) is 12.1 Å². The van der Waals surface area contributed by atoms with E-state index < -0.39 is 0 Å². The molecule has 1 aliphatic carbocycles. The molecule has 0 amide bonds. The Kier molecular flexibility index (Phi) is 3.32. The van der Waals surface area contributed by atoms with Gasteiger partial charge in [-0.2, -0.15) is 0 Å². The Morgan fingerprint density at radius 2 is 2.17 bits per heavy atom. The monoisotopic (exact) mass is 312 g/mol. The number of nitrogens with one attached hydrogen (secondary N) is 1. The first-order valence-electron chi connectivity index (χ1n) is 6.60. The average Bonchev–Trinajstić information content (AvgIpc) is 3.18. The van der Waals surface area contributed by atoms with Gasteiger partial charge in [-0.3, -0.25) is 0 Å². The lowest BCUT2D eigenvalue weighted by atomic mass is 10.1. The van der Waals surface area contributed by atoms with Crippen molar-refractivity contribution >= 4 is 21.6 Å². The lowest BCUT2D eigenvalue weighted by Crippen LogP contribution is -2.56. The molecule has 18 heavy (non-hydrogen) atoms. The number of hydrogen-bond donors (Lipinski definition) is 1. The van der Waals surface area contributed by atoms with Crippen molar-refractivity contribution < 1.29 is 4.39 Å². The van der Waals surface area contributed by atoms with E-state index in [0.29, 0.717) is 16.6 Å². The zero-order chi connectivity index (χ0) is 12.7. The van der Waals surface area contributed by atoms with Crippen LogP contribution >= 0.6 is 15.9 Å². The third-order valence-corrected chi connectivity index (χ3v) is 4.67. The fourth-order valence-corrected chi connectivity index (χ4v) is 2.97. The Morgan fingerprint density at radius 3 is 2.83 bits per heavy atom. The standard InChI is InChI=1S/C14H18BrFN2/c1-9-7-17-14(10-2-3-10)8-18(9)11-4-5-12(15)13(16)6-11/h4-6,9-10,14,17H,2-3,7-8H2,1H3. The van der Waals surface area contributed by atoms with Crippen LogP contribution in [0.2, 0.25) is 0 Å². The smallest absolute Gasteiger partial charge is 0.139 e. The summed E-state index contributed by atoms with van der Waals surface area (Å²) < 4.78 is 14.2. The SMILES string of the molecule is CC1CNC(C2CC2)CN1c1ccc(Br)c(F)c1. The maximum atomic E-state index is 13.6. The summed E-state index contributed by atoms with van der Waals surface area (Å²) in [6, 6.07) is 6.42. The van der Waals surface area contributed by atoms with E-state index in [9.17, 15) is 4.39 Å². The molecule has 1 aromatic rings. The van der Waals surface area contributed by atoms with Crippen molar-refractivity contribution in [3.05, 3.63) is 28.5 Å². The summed E-state index contributed by atoms with van der Waals surface area (Å²) in [6.07, 6.45) is 2.68. The van der Waals surface area contributed by atoms with Gasteiger partial charge in [0.15, 0.2) is 0 Å². The van der Waals surface area contributed by atoms with E-state index >= 15 is 0 Å². The van der Waals surface area contributed by atoms with Gasteiger partial charge in [0.2, 0.25) is 0 Å². The van der Waals surface area contributed by atoms with Crippen LogP contribution in [0.5, 0.6) is 0 Å². The number of benzene rings is 1. The molecule has 2 atom stereocenters. The van der Waals surface area contributed by atoms with E-state index in [-0.39, 0.29) is 5.82 Å². The number of anilines is 1. The summed E-state index contributed by atoms with van der Waals surface area (Å²) in [5, 5.41) is 3.61. The first kappa shape index (κ1) is 12.4. The van der Waals surface area contributed by atoms with Gasteiger partial charge in [0, 0.05) is 30.9 Å². The molecular weight excluding hydrogens is 295 g/mol. The molecule has 3 rings (SSSR count). The van der Waals surface area contributed by atoms with Gasteiger partial charge < -0.3 is 10.2 Å². The second-order valence-electron chi connectivity index (χ2n) is 5.45. The zero-order valence-electron chi connectivity index (χ0n) is 10.5. The van der Waals surface area contributed by atoms with Crippen LogP contribution < -0.4 is 10.2 Å². The van der Waals surface area contributed by atoms with Crippen LogP contribution in [0.3, 0.4) is 0 Å². The largest absolute Gasteiger partial charge is 0.366 e. The van der Waals surface area contributed by atoms with Gasteiger partial charge in [-0.1, -0.05) is 0 Å². The minimum Gasteiger partial charge on any atom is -0.366 e. The fraction of sp³-hybridized carbons (Fsp3) is 0.571. The van der Waals surface area contributed by atoms with Gasteiger partial charge in [-0.05, 0) is 59.8 Å². The van der Waals surface area contributed by atoms with Gasteiger partial charge in [-0.25, -0.2) is 4.39 Å². The molecule has 1 N–H and O–H groups in total. The third-order valence-electron chi connectivity index (χ3n) is 4.03. The van der Waals surface area contributed by atoms with Crippen LogP contribution in [-0.4, -0.2) is 25.2 Å². The van der Waals surface area contributed by atoms with Crippen molar-refractivity contribution in [2.75, 3.05) is 18.0 Å². The molecule has 1 aliphatic heterocycles. The molecule has 2 fully saturated rings. The first-order valence-corrected chi connectivity index (χ1v) is 7.39. The van der Waals surface area contributed by atoms with E-state index in [1.165, 1.54) is 12.8 Å². The van der Waals surface area contributed by atoms with Crippen molar-refractivity contribution in [3.63, 3.8) is 0 Å². The molecule has 1 saturated carbocycles. The predicted molar refractivity (Wildman–Crippen MR) is 75.4 cm³/mol. The summed E-state index contributed by atoms with van der Waals surface area (Å²) in [5.74, 6) is 0.654. The summed E-state index contributed by atoms with van der Waals surface area (Å²) in [4.78, 5) is 2.33. The summed E-state index contributed by atoms with van der Waals surface area (Å²) in [6.45, 7) is 4.17. The van der Waals surface area contributed by atoms with Crippen LogP contribution in [-0.2, 0) is 0 Å². The van der Waals surface area contributed by atoms with Crippen LogP contribution in [0, 0.1) is 11.7 Å². The first-order chi connectivity index (χ1) is 8.65. The van der Waals surface area contributed by atoms with Crippen LogP contribution in [0.25, 0.3) is 0 Å². The molecular formula is C14H18BrFN2. The molecule has 2 unspecified atom stereocenters. The molecule has 2 aliphatic rings.